The lowest BCUT2D eigenvalue weighted by Gasteiger charge is -2.22. The molecule has 0 aliphatic carbocycles. The summed E-state index contributed by atoms with van der Waals surface area (Å²) in [5.74, 6) is 1.37. The van der Waals surface area contributed by atoms with E-state index >= 15 is 0 Å². The predicted molar refractivity (Wildman–Crippen MR) is 202 cm³/mol. The van der Waals surface area contributed by atoms with Crippen LogP contribution in [0.5, 0.6) is 0 Å². The molecule has 0 bridgehead atoms. The molecule has 2 nitrogen and oxygen atoms in total. The number of hydrogen-bond acceptors (Lipinski definition) is 2. The fourth-order valence-corrected chi connectivity index (χ4v) is 7.07. The number of hydrogen-bond donors (Lipinski definition) is 2. The Hall–Kier alpha value is -3.52. The summed E-state index contributed by atoms with van der Waals surface area (Å²) in [6.07, 6.45) is 17.5. The first-order valence-corrected chi connectivity index (χ1v) is 18.4. The highest BCUT2D eigenvalue weighted by molar-refractivity contribution is 5.44. The fraction of sp³-hybridized carbons (Fsp3) is 0.455. The lowest BCUT2D eigenvalue weighted by atomic mass is 9.83. The Balaban J connectivity index is 1.50. The number of nitrogens with two attached hydrogens (primary N) is 2. The van der Waals surface area contributed by atoms with Crippen LogP contribution in [0.2, 0.25) is 0 Å². The van der Waals surface area contributed by atoms with Crippen molar-refractivity contribution in [3.05, 3.63) is 130 Å². The second-order valence-electron chi connectivity index (χ2n) is 13.6. The normalized spacial score (nSPS) is 13.4. The van der Waals surface area contributed by atoms with Crippen LogP contribution in [-0.2, 0) is 6.42 Å². The molecule has 0 fully saturated rings. The Labute approximate surface area is 281 Å². The Morgan fingerprint density at radius 3 is 1.17 bits per heavy atom. The van der Waals surface area contributed by atoms with Crippen molar-refractivity contribution in [1.82, 2.24) is 0 Å². The maximum Gasteiger partial charge on any atom is 0.0314 e. The zero-order chi connectivity index (χ0) is 32.6. The van der Waals surface area contributed by atoms with Crippen LogP contribution < -0.4 is 11.5 Å². The van der Waals surface area contributed by atoms with Gasteiger partial charge in [-0.3, -0.25) is 0 Å². The monoisotopic (exact) mass is 616 g/mol. The molecule has 4 rings (SSSR count). The second-order valence-corrected chi connectivity index (χ2v) is 13.6. The Morgan fingerprint density at radius 1 is 0.391 bits per heavy atom. The average Bonchev–Trinajstić information content (AvgIpc) is 3.08. The van der Waals surface area contributed by atoms with Crippen molar-refractivity contribution < 1.29 is 0 Å². The first-order valence-electron chi connectivity index (χ1n) is 18.4. The molecule has 4 aromatic rings. The van der Waals surface area contributed by atoms with Crippen LogP contribution in [0.4, 0.5) is 11.4 Å². The Kier molecular flexibility index (Phi) is 14.8. The van der Waals surface area contributed by atoms with Gasteiger partial charge in [0.05, 0.1) is 0 Å². The predicted octanol–water partition coefficient (Wildman–Crippen LogP) is 12.6. The van der Waals surface area contributed by atoms with E-state index < -0.39 is 0 Å². The topological polar surface area (TPSA) is 52.0 Å². The van der Waals surface area contributed by atoms with Gasteiger partial charge in [0.1, 0.15) is 0 Å². The molecule has 0 saturated heterocycles. The summed E-state index contributed by atoms with van der Waals surface area (Å²) in [4.78, 5) is 0. The van der Waals surface area contributed by atoms with Crippen LogP contribution in [0.3, 0.4) is 0 Å². The summed E-state index contributed by atoms with van der Waals surface area (Å²) in [5.41, 5.74) is 22.3. The van der Waals surface area contributed by atoms with Crippen LogP contribution in [0.1, 0.15) is 155 Å². The van der Waals surface area contributed by atoms with Crippen LogP contribution in [-0.4, -0.2) is 0 Å². The van der Waals surface area contributed by atoms with E-state index in [1.54, 1.807) is 0 Å². The van der Waals surface area contributed by atoms with Crippen LogP contribution >= 0.6 is 0 Å². The highest BCUT2D eigenvalue weighted by Gasteiger charge is 2.18. The van der Waals surface area contributed by atoms with E-state index in [0.717, 1.165) is 17.8 Å². The molecule has 4 N–H and O–H groups in total. The molecule has 0 saturated carbocycles. The fourth-order valence-electron chi connectivity index (χ4n) is 7.07. The van der Waals surface area contributed by atoms with Gasteiger partial charge in [0.2, 0.25) is 0 Å². The van der Waals surface area contributed by atoms with E-state index in [1.807, 2.05) is 0 Å². The van der Waals surface area contributed by atoms with Crippen molar-refractivity contribution in [2.45, 2.75) is 128 Å². The van der Waals surface area contributed by atoms with Gasteiger partial charge in [0.15, 0.2) is 0 Å². The summed E-state index contributed by atoms with van der Waals surface area (Å²) in [6, 6.07) is 36.4. The number of nitrogen functional groups attached to an aromatic ring is 2. The Morgan fingerprint density at radius 2 is 0.761 bits per heavy atom. The zero-order valence-electron chi connectivity index (χ0n) is 29.0. The van der Waals surface area contributed by atoms with Gasteiger partial charge >= 0.3 is 0 Å². The third-order valence-corrected chi connectivity index (χ3v) is 9.95. The highest BCUT2D eigenvalue weighted by atomic mass is 14.5. The summed E-state index contributed by atoms with van der Waals surface area (Å²) in [7, 11) is 0. The summed E-state index contributed by atoms with van der Waals surface area (Å²) < 4.78 is 0. The standard InChI is InChI=1S/C44H60N2/c1-4-7-10-12-15-43(38-25-29-41(45)30-26-38)36-19-17-34(18-20-36)33-40(14-9-6-3)35-21-23-37(24-22-35)44(16-13-11-8-5-2)39-27-31-42(46)32-28-39/h17-32,40,43-44H,4-16,33,45-46H2,1-3H3. The molecule has 3 unspecified atom stereocenters. The molecular formula is C44H60N2. The maximum atomic E-state index is 6.04. The van der Waals surface area contributed by atoms with Crippen molar-refractivity contribution in [3.63, 3.8) is 0 Å². The van der Waals surface area contributed by atoms with Gasteiger partial charge in [-0.1, -0.05) is 158 Å². The highest BCUT2D eigenvalue weighted by Crippen LogP contribution is 2.35. The van der Waals surface area contributed by atoms with E-state index in [2.05, 4.69) is 118 Å². The second kappa shape index (κ2) is 19.2. The lowest BCUT2D eigenvalue weighted by Crippen LogP contribution is -2.06. The number of unbranched alkanes of at least 4 members (excludes halogenated alkanes) is 7. The molecule has 3 atom stereocenters. The smallest absolute Gasteiger partial charge is 0.0314 e. The van der Waals surface area contributed by atoms with Crippen LogP contribution in [0.25, 0.3) is 0 Å². The van der Waals surface area contributed by atoms with E-state index in [9.17, 15) is 0 Å². The Bertz CT molecular complexity index is 1370. The maximum absolute atomic E-state index is 6.04. The van der Waals surface area contributed by atoms with E-state index in [0.29, 0.717) is 17.8 Å². The van der Waals surface area contributed by atoms with Gasteiger partial charge in [-0.15, -0.1) is 0 Å². The first-order chi connectivity index (χ1) is 22.5. The molecule has 46 heavy (non-hydrogen) atoms. The van der Waals surface area contributed by atoms with Crippen LogP contribution in [0, 0.1) is 0 Å². The molecular weight excluding hydrogens is 556 g/mol. The third-order valence-electron chi connectivity index (χ3n) is 9.95. The van der Waals surface area contributed by atoms with Gasteiger partial charge in [0.25, 0.3) is 0 Å². The van der Waals surface area contributed by atoms with Gasteiger partial charge in [-0.05, 0) is 89.2 Å². The molecule has 0 heterocycles. The van der Waals surface area contributed by atoms with E-state index in [4.69, 9.17) is 11.5 Å². The van der Waals surface area contributed by atoms with Crippen molar-refractivity contribution in [1.29, 1.82) is 0 Å². The molecule has 0 aliphatic heterocycles. The molecule has 0 aromatic heterocycles. The minimum Gasteiger partial charge on any atom is -0.399 e. The van der Waals surface area contributed by atoms with Gasteiger partial charge in [0, 0.05) is 23.2 Å². The third kappa shape index (κ3) is 10.8. The van der Waals surface area contributed by atoms with Crippen molar-refractivity contribution >= 4 is 11.4 Å². The van der Waals surface area contributed by atoms with E-state index in [1.165, 1.54) is 117 Å². The SMILES string of the molecule is CCCCCCC(c1ccc(N)cc1)c1ccc(CC(CCCC)c2ccc(C(CCCCCC)c3ccc(N)cc3)cc2)cc1. The quantitative estimate of drug-likeness (QED) is 0.0766. The van der Waals surface area contributed by atoms with Gasteiger partial charge in [-0.25, -0.2) is 0 Å². The zero-order valence-corrected chi connectivity index (χ0v) is 29.0. The molecule has 0 spiro atoms. The van der Waals surface area contributed by atoms with Gasteiger partial charge in [-0.2, -0.15) is 0 Å². The summed E-state index contributed by atoms with van der Waals surface area (Å²) in [5, 5.41) is 0. The van der Waals surface area contributed by atoms with E-state index in [-0.39, 0.29) is 0 Å². The minimum atomic E-state index is 0.420. The van der Waals surface area contributed by atoms with Crippen molar-refractivity contribution in [2.24, 2.45) is 0 Å². The summed E-state index contributed by atoms with van der Waals surface area (Å²) >= 11 is 0. The molecule has 0 radical (unpaired) electrons. The molecule has 4 aromatic carbocycles. The lowest BCUT2D eigenvalue weighted by molar-refractivity contribution is 0.579. The first kappa shape index (κ1) is 35.3. The number of benzene rings is 4. The van der Waals surface area contributed by atoms with Crippen molar-refractivity contribution in [3.8, 4) is 0 Å². The van der Waals surface area contributed by atoms with Crippen molar-refractivity contribution in [2.75, 3.05) is 11.5 Å². The summed E-state index contributed by atoms with van der Waals surface area (Å²) in [6.45, 7) is 6.88. The largest absolute Gasteiger partial charge is 0.399 e. The number of anilines is 2. The average molecular weight is 617 g/mol. The van der Waals surface area contributed by atoms with Gasteiger partial charge < -0.3 is 11.5 Å². The molecule has 0 amide bonds. The van der Waals surface area contributed by atoms with Crippen LogP contribution in [0.15, 0.2) is 97.1 Å². The molecule has 2 heteroatoms. The molecule has 0 aliphatic rings. The molecule has 246 valence electrons. The number of rotatable bonds is 20. The minimum absolute atomic E-state index is 0.420.